The van der Waals surface area contributed by atoms with E-state index in [9.17, 15) is 24.6 Å². The van der Waals surface area contributed by atoms with Crippen molar-refractivity contribution in [1.82, 2.24) is 0 Å². The quantitative estimate of drug-likeness (QED) is 0.265. The summed E-state index contributed by atoms with van der Waals surface area (Å²) in [6.07, 6.45) is -7.25. The molecule has 0 unspecified atom stereocenters. The number of rotatable bonds is 6. The van der Waals surface area contributed by atoms with Crippen LogP contribution in [0.3, 0.4) is 0 Å². The van der Waals surface area contributed by atoms with E-state index in [4.69, 9.17) is 5.11 Å². The predicted octanol–water partition coefficient (Wildman–Crippen LogP) is -2.63. The highest BCUT2D eigenvalue weighted by molar-refractivity contribution is 5.87. The van der Waals surface area contributed by atoms with E-state index >= 15 is 0 Å². The summed E-state index contributed by atoms with van der Waals surface area (Å²) in [4.78, 5) is 31.8. The van der Waals surface area contributed by atoms with Gasteiger partial charge in [0.25, 0.3) is 0 Å². The van der Waals surface area contributed by atoms with Gasteiger partial charge in [0.2, 0.25) is 0 Å². The molecule has 8 nitrogen and oxygen atoms in total. The molecular formula is C9H14O8. The molecule has 8 heteroatoms. The van der Waals surface area contributed by atoms with Crippen LogP contribution in [0.25, 0.3) is 0 Å². The fraction of sp³-hybridized carbons (Fsp3) is 0.667. The zero-order valence-corrected chi connectivity index (χ0v) is 9.27. The highest BCUT2D eigenvalue weighted by Gasteiger charge is 2.37. The van der Waals surface area contributed by atoms with Crippen molar-refractivity contribution in [3.8, 4) is 0 Å². The molecule has 0 spiro atoms. The summed E-state index contributed by atoms with van der Waals surface area (Å²) in [6, 6.07) is 0. The predicted molar refractivity (Wildman–Crippen MR) is 51.7 cm³/mol. The summed E-state index contributed by atoms with van der Waals surface area (Å²) < 4.78 is 8.64. The van der Waals surface area contributed by atoms with Gasteiger partial charge in [-0.3, -0.25) is 4.79 Å². The first-order valence-corrected chi connectivity index (χ1v) is 4.59. The molecule has 0 amide bonds. The van der Waals surface area contributed by atoms with Gasteiger partial charge in [-0.05, 0) is 0 Å². The second kappa shape index (κ2) is 7.07. The smallest absolute Gasteiger partial charge is 0.345 e. The van der Waals surface area contributed by atoms with Crippen molar-refractivity contribution in [2.45, 2.75) is 31.3 Å². The van der Waals surface area contributed by atoms with Crippen LogP contribution in [0.15, 0.2) is 0 Å². The van der Waals surface area contributed by atoms with Crippen LogP contribution in [0.1, 0.15) is 6.92 Å². The van der Waals surface area contributed by atoms with E-state index in [-0.39, 0.29) is 6.29 Å². The molecule has 0 bridgehead atoms. The Bertz CT molecular complexity index is 289. The SMILES string of the molecule is CO[C@@H]([C@H](O)[C@@H](O)C=O)[C@H](O)C(=O)OC(C)=O. The molecule has 0 aliphatic heterocycles. The molecule has 3 N–H and O–H groups in total. The van der Waals surface area contributed by atoms with Crippen molar-refractivity contribution < 1.29 is 39.2 Å². The Balaban J connectivity index is 4.69. The normalized spacial score (nSPS) is 17.7. The molecular weight excluding hydrogens is 236 g/mol. The van der Waals surface area contributed by atoms with Gasteiger partial charge >= 0.3 is 11.9 Å². The first-order chi connectivity index (χ1) is 7.84. The van der Waals surface area contributed by atoms with Crippen LogP contribution in [0.2, 0.25) is 0 Å². The van der Waals surface area contributed by atoms with Crippen LogP contribution in [-0.2, 0) is 23.9 Å². The molecule has 0 rings (SSSR count). The molecule has 0 aliphatic carbocycles. The van der Waals surface area contributed by atoms with E-state index < -0.39 is 36.4 Å². The number of carbonyl (C=O) groups is 3. The molecule has 0 aromatic rings. The van der Waals surface area contributed by atoms with E-state index in [1.54, 1.807) is 0 Å². The Labute approximate surface area is 96.8 Å². The average molecular weight is 250 g/mol. The summed E-state index contributed by atoms with van der Waals surface area (Å²) in [7, 11) is 1.04. The van der Waals surface area contributed by atoms with Crippen molar-refractivity contribution in [3.63, 3.8) is 0 Å². The number of aliphatic hydroxyl groups is 3. The van der Waals surface area contributed by atoms with Crippen LogP contribution in [0.4, 0.5) is 0 Å². The molecule has 0 fully saturated rings. The lowest BCUT2D eigenvalue weighted by atomic mass is 10.0. The van der Waals surface area contributed by atoms with E-state index in [0.29, 0.717) is 0 Å². The van der Waals surface area contributed by atoms with Gasteiger partial charge in [-0.25, -0.2) is 4.79 Å². The van der Waals surface area contributed by atoms with Crippen molar-refractivity contribution in [3.05, 3.63) is 0 Å². The average Bonchev–Trinajstić information content (AvgIpc) is 2.27. The Morgan fingerprint density at radius 1 is 1.24 bits per heavy atom. The van der Waals surface area contributed by atoms with Crippen molar-refractivity contribution in [2.75, 3.05) is 7.11 Å². The maximum Gasteiger partial charge on any atom is 0.345 e. The number of esters is 2. The highest BCUT2D eigenvalue weighted by Crippen LogP contribution is 2.09. The molecule has 0 aliphatic rings. The Morgan fingerprint density at radius 3 is 2.12 bits per heavy atom. The van der Waals surface area contributed by atoms with E-state index in [0.717, 1.165) is 14.0 Å². The van der Waals surface area contributed by atoms with Crippen molar-refractivity contribution >= 4 is 18.2 Å². The van der Waals surface area contributed by atoms with Gasteiger partial charge in [0.15, 0.2) is 12.4 Å². The van der Waals surface area contributed by atoms with Gasteiger partial charge in [-0.1, -0.05) is 0 Å². The maximum absolute atomic E-state index is 11.1. The van der Waals surface area contributed by atoms with E-state index in [2.05, 4.69) is 9.47 Å². The molecule has 0 aromatic carbocycles. The minimum absolute atomic E-state index is 0.0136. The van der Waals surface area contributed by atoms with Crippen LogP contribution in [0, 0.1) is 0 Å². The number of carbonyl (C=O) groups excluding carboxylic acids is 3. The van der Waals surface area contributed by atoms with Gasteiger partial charge in [0, 0.05) is 14.0 Å². The van der Waals surface area contributed by atoms with Gasteiger partial charge in [0.1, 0.15) is 18.3 Å². The van der Waals surface area contributed by atoms with Crippen LogP contribution in [0.5, 0.6) is 0 Å². The van der Waals surface area contributed by atoms with Crippen LogP contribution in [-0.4, -0.2) is 65.1 Å². The Morgan fingerprint density at radius 2 is 1.76 bits per heavy atom. The fourth-order valence-electron chi connectivity index (χ4n) is 1.07. The summed E-state index contributed by atoms with van der Waals surface area (Å²) >= 11 is 0. The molecule has 0 radical (unpaired) electrons. The second-order valence-electron chi connectivity index (χ2n) is 3.18. The van der Waals surface area contributed by atoms with Gasteiger partial charge in [-0.2, -0.15) is 0 Å². The summed E-state index contributed by atoms with van der Waals surface area (Å²) in [5, 5.41) is 27.8. The zero-order valence-electron chi connectivity index (χ0n) is 9.27. The highest BCUT2D eigenvalue weighted by atomic mass is 16.6. The maximum atomic E-state index is 11.1. The van der Waals surface area contributed by atoms with Gasteiger partial charge in [0.05, 0.1) is 0 Å². The lowest BCUT2D eigenvalue weighted by molar-refractivity contribution is -0.178. The number of hydrogen-bond acceptors (Lipinski definition) is 8. The standard InChI is InChI=1S/C9H14O8/c1-4(11)17-9(15)7(14)8(16-2)6(13)5(12)3-10/h3,5-8,12-14H,1-2H3/t5-,6+,7-,8-/m0/s1. The third kappa shape index (κ3) is 4.57. The number of aliphatic hydroxyl groups excluding tert-OH is 3. The molecule has 98 valence electrons. The van der Waals surface area contributed by atoms with E-state index in [1.165, 1.54) is 0 Å². The summed E-state index contributed by atoms with van der Waals surface area (Å²) in [5.74, 6) is -2.30. The van der Waals surface area contributed by atoms with Gasteiger partial charge in [-0.15, -0.1) is 0 Å². The third-order valence-corrected chi connectivity index (χ3v) is 1.90. The minimum atomic E-state index is -2.01. The van der Waals surface area contributed by atoms with E-state index in [1.807, 2.05) is 0 Å². The lowest BCUT2D eigenvalue weighted by Crippen LogP contribution is -2.49. The van der Waals surface area contributed by atoms with Crippen LogP contribution >= 0.6 is 0 Å². The van der Waals surface area contributed by atoms with Crippen LogP contribution < -0.4 is 0 Å². The Hall–Kier alpha value is -1.35. The van der Waals surface area contributed by atoms with Crippen molar-refractivity contribution in [2.24, 2.45) is 0 Å². The minimum Gasteiger partial charge on any atom is -0.391 e. The molecule has 17 heavy (non-hydrogen) atoms. The summed E-state index contributed by atoms with van der Waals surface area (Å²) in [5.41, 5.74) is 0. The largest absolute Gasteiger partial charge is 0.391 e. The van der Waals surface area contributed by atoms with Gasteiger partial charge < -0.3 is 29.6 Å². The molecule has 0 saturated heterocycles. The number of methoxy groups -OCH3 is 1. The number of hydrogen-bond donors (Lipinski definition) is 3. The topological polar surface area (TPSA) is 130 Å². The molecule has 0 heterocycles. The first-order valence-electron chi connectivity index (χ1n) is 4.59. The number of ether oxygens (including phenoxy) is 2. The first kappa shape index (κ1) is 15.7. The lowest BCUT2D eigenvalue weighted by Gasteiger charge is -2.25. The molecule has 0 aromatic heterocycles. The van der Waals surface area contributed by atoms with Crippen molar-refractivity contribution in [1.29, 1.82) is 0 Å². The third-order valence-electron chi connectivity index (χ3n) is 1.90. The Kier molecular flexibility index (Phi) is 6.51. The molecule has 4 atom stereocenters. The zero-order chi connectivity index (χ0) is 13.6. The second-order valence-corrected chi connectivity index (χ2v) is 3.18. The molecule has 0 saturated carbocycles. The summed E-state index contributed by atoms with van der Waals surface area (Å²) in [6.45, 7) is 0.948. The number of aldehydes is 1. The fourth-order valence-corrected chi connectivity index (χ4v) is 1.07. The monoisotopic (exact) mass is 250 g/mol.